The van der Waals surface area contributed by atoms with Gasteiger partial charge < -0.3 is 20.3 Å². The van der Waals surface area contributed by atoms with Crippen LogP contribution >= 0.6 is 0 Å². The van der Waals surface area contributed by atoms with Crippen molar-refractivity contribution in [2.24, 2.45) is 5.73 Å². The number of primary amides is 1. The predicted molar refractivity (Wildman–Crippen MR) is 117 cm³/mol. The fraction of sp³-hybridized carbons (Fsp3) is 0.333. The minimum Gasteiger partial charge on any atom is -0.478 e. The van der Waals surface area contributed by atoms with E-state index in [1.54, 1.807) is 12.1 Å². The van der Waals surface area contributed by atoms with Crippen molar-refractivity contribution in [3.8, 4) is 5.75 Å². The van der Waals surface area contributed by atoms with Gasteiger partial charge in [0.05, 0.1) is 29.5 Å². The summed E-state index contributed by atoms with van der Waals surface area (Å²) in [7, 11) is -3.67. The summed E-state index contributed by atoms with van der Waals surface area (Å²) in [5, 5.41) is 9.18. The third-order valence-electron chi connectivity index (χ3n) is 4.91. The lowest BCUT2D eigenvalue weighted by Gasteiger charge is -2.26. The normalized spacial score (nSPS) is 15.2. The molecular formula is C21H25N3O7S. The maximum absolute atomic E-state index is 12.8. The molecule has 0 atom stereocenters. The van der Waals surface area contributed by atoms with E-state index >= 15 is 0 Å². The summed E-state index contributed by atoms with van der Waals surface area (Å²) < 4.78 is 37.6. The van der Waals surface area contributed by atoms with Gasteiger partial charge >= 0.3 is 12.0 Å². The van der Waals surface area contributed by atoms with E-state index in [2.05, 4.69) is 0 Å². The summed E-state index contributed by atoms with van der Waals surface area (Å²) in [4.78, 5) is 24.7. The number of carbonyl (C=O) groups excluding carboxylic acids is 1. The topological polar surface area (TPSA) is 139 Å². The highest BCUT2D eigenvalue weighted by Gasteiger charge is 2.30. The molecule has 3 N–H and O–H groups in total. The molecule has 0 bridgehead atoms. The monoisotopic (exact) mass is 463 g/mol. The van der Waals surface area contributed by atoms with Crippen molar-refractivity contribution in [1.29, 1.82) is 0 Å². The molecule has 0 aliphatic carbocycles. The van der Waals surface area contributed by atoms with Gasteiger partial charge in [-0.05, 0) is 62.4 Å². The summed E-state index contributed by atoms with van der Waals surface area (Å²) in [5.41, 5.74) is 4.91. The average Bonchev–Trinajstić information content (AvgIpc) is 2.75. The van der Waals surface area contributed by atoms with E-state index in [0.717, 1.165) is 0 Å². The van der Waals surface area contributed by atoms with Crippen LogP contribution in [0.5, 0.6) is 5.75 Å². The van der Waals surface area contributed by atoms with Gasteiger partial charge in [0.2, 0.25) is 10.0 Å². The second kappa shape index (κ2) is 9.15. The van der Waals surface area contributed by atoms with Gasteiger partial charge in [-0.2, -0.15) is 4.31 Å². The molecule has 1 aliphatic heterocycles. The van der Waals surface area contributed by atoms with E-state index < -0.39 is 27.6 Å². The Kier molecular flexibility index (Phi) is 6.72. The highest BCUT2D eigenvalue weighted by atomic mass is 32.2. The minimum absolute atomic E-state index is 0.104. The Balaban J connectivity index is 1.83. The number of carboxylic acids is 1. The summed E-state index contributed by atoms with van der Waals surface area (Å²) in [6.45, 7) is 4.10. The minimum atomic E-state index is -3.67. The Bertz CT molecular complexity index is 1080. The molecule has 11 heteroatoms. The molecule has 1 saturated heterocycles. The van der Waals surface area contributed by atoms with E-state index in [-0.39, 0.29) is 18.0 Å². The lowest BCUT2D eigenvalue weighted by Crippen LogP contribution is -2.40. The molecule has 172 valence electrons. The molecule has 32 heavy (non-hydrogen) atoms. The number of anilines is 2. The van der Waals surface area contributed by atoms with Gasteiger partial charge in [0.15, 0.2) is 5.60 Å². The van der Waals surface area contributed by atoms with Crippen LogP contribution < -0.4 is 15.4 Å². The van der Waals surface area contributed by atoms with Gasteiger partial charge in [-0.15, -0.1) is 0 Å². The van der Waals surface area contributed by atoms with Crippen LogP contribution in [0.4, 0.5) is 16.2 Å². The Morgan fingerprint density at radius 3 is 2.00 bits per heavy atom. The first-order valence-corrected chi connectivity index (χ1v) is 11.3. The zero-order valence-corrected chi connectivity index (χ0v) is 18.5. The number of carbonyl (C=O) groups is 2. The van der Waals surface area contributed by atoms with Crippen molar-refractivity contribution in [3.05, 3.63) is 48.5 Å². The van der Waals surface area contributed by atoms with Crippen molar-refractivity contribution in [3.63, 3.8) is 0 Å². The van der Waals surface area contributed by atoms with Gasteiger partial charge in [-0.1, -0.05) is 0 Å². The predicted octanol–water partition coefficient (Wildman–Crippen LogP) is 2.17. The lowest BCUT2D eigenvalue weighted by atomic mass is 10.1. The van der Waals surface area contributed by atoms with Crippen LogP contribution in [-0.4, -0.2) is 61.7 Å². The number of amides is 2. The molecule has 0 unspecified atom stereocenters. The molecule has 1 heterocycles. The number of nitrogens with two attached hydrogens (primary N) is 1. The van der Waals surface area contributed by atoms with Crippen LogP contribution in [0.15, 0.2) is 53.4 Å². The van der Waals surface area contributed by atoms with E-state index in [0.29, 0.717) is 30.3 Å². The first-order valence-electron chi connectivity index (χ1n) is 9.82. The van der Waals surface area contributed by atoms with Gasteiger partial charge in [-0.25, -0.2) is 18.0 Å². The third-order valence-corrected chi connectivity index (χ3v) is 6.82. The molecule has 0 saturated carbocycles. The van der Waals surface area contributed by atoms with Gasteiger partial charge in [0.1, 0.15) is 5.75 Å². The fourth-order valence-corrected chi connectivity index (χ4v) is 4.52. The lowest BCUT2D eigenvalue weighted by molar-refractivity contribution is -0.152. The number of urea groups is 1. The van der Waals surface area contributed by atoms with E-state index in [4.69, 9.17) is 15.2 Å². The quantitative estimate of drug-likeness (QED) is 0.641. The number of nitrogens with zero attached hydrogens (tertiary/aromatic N) is 2. The number of rotatable bonds is 7. The first kappa shape index (κ1) is 23.5. The van der Waals surface area contributed by atoms with Gasteiger partial charge in [0, 0.05) is 13.1 Å². The summed E-state index contributed by atoms with van der Waals surface area (Å²) in [5.74, 6) is -0.815. The van der Waals surface area contributed by atoms with Crippen LogP contribution in [0.3, 0.4) is 0 Å². The molecule has 2 aromatic carbocycles. The Morgan fingerprint density at radius 2 is 1.53 bits per heavy atom. The number of benzene rings is 2. The molecule has 2 aromatic rings. The molecule has 2 amide bonds. The number of sulfonamides is 1. The van der Waals surface area contributed by atoms with Crippen LogP contribution in [-0.2, 0) is 19.6 Å². The number of hydrogen-bond acceptors (Lipinski definition) is 6. The van der Waals surface area contributed by atoms with E-state index in [1.807, 2.05) is 0 Å². The largest absolute Gasteiger partial charge is 0.478 e. The number of morpholine rings is 1. The standard InChI is InChI=1S/C21H25N3O7S/c1-21(2,19(25)26)31-17-7-3-15(4-8-17)24(20(22)27)16-5-9-18(10-6-16)32(28,29)23-11-13-30-14-12-23/h3-10H,11-14H2,1-2H3,(H2,22,27)(H,25,26). The summed E-state index contributed by atoms with van der Waals surface area (Å²) >= 11 is 0. The van der Waals surface area contributed by atoms with Crippen molar-refractivity contribution < 1.29 is 32.6 Å². The van der Waals surface area contributed by atoms with Crippen LogP contribution in [0.25, 0.3) is 0 Å². The molecule has 0 spiro atoms. The highest BCUT2D eigenvalue weighted by molar-refractivity contribution is 7.89. The smallest absolute Gasteiger partial charge is 0.347 e. The maximum atomic E-state index is 12.8. The third kappa shape index (κ3) is 5.01. The summed E-state index contributed by atoms with van der Waals surface area (Å²) in [6, 6.07) is 11.2. The molecule has 0 radical (unpaired) electrons. The molecule has 10 nitrogen and oxygen atoms in total. The maximum Gasteiger partial charge on any atom is 0.347 e. The highest BCUT2D eigenvalue weighted by Crippen LogP contribution is 2.30. The molecular weight excluding hydrogens is 438 g/mol. The van der Waals surface area contributed by atoms with Crippen molar-refractivity contribution >= 4 is 33.4 Å². The average molecular weight is 464 g/mol. The van der Waals surface area contributed by atoms with Crippen LogP contribution in [0.1, 0.15) is 13.8 Å². The van der Waals surface area contributed by atoms with Crippen molar-refractivity contribution in [1.82, 2.24) is 4.31 Å². The fourth-order valence-electron chi connectivity index (χ4n) is 3.11. The molecule has 1 fully saturated rings. The SMILES string of the molecule is CC(C)(Oc1ccc(N(C(N)=O)c2ccc(S(=O)(=O)N3CCOCC3)cc2)cc1)C(=O)O. The Hall–Kier alpha value is -3.15. The molecule has 0 aromatic heterocycles. The summed E-state index contributed by atoms with van der Waals surface area (Å²) in [6.07, 6.45) is 0. The van der Waals surface area contributed by atoms with Crippen molar-refractivity contribution in [2.75, 3.05) is 31.2 Å². The zero-order chi connectivity index (χ0) is 23.5. The number of ether oxygens (including phenoxy) is 2. The zero-order valence-electron chi connectivity index (χ0n) is 17.7. The van der Waals surface area contributed by atoms with Gasteiger partial charge in [-0.3, -0.25) is 4.90 Å². The second-order valence-corrected chi connectivity index (χ2v) is 9.53. The number of carboxylic acid groups (broad SMARTS) is 1. The van der Waals surface area contributed by atoms with Crippen LogP contribution in [0.2, 0.25) is 0 Å². The molecule has 1 aliphatic rings. The van der Waals surface area contributed by atoms with Crippen LogP contribution in [0, 0.1) is 0 Å². The Morgan fingerprint density at radius 1 is 1.03 bits per heavy atom. The molecule has 3 rings (SSSR count). The van der Waals surface area contributed by atoms with Gasteiger partial charge in [0.25, 0.3) is 0 Å². The first-order chi connectivity index (χ1) is 15.0. The van der Waals surface area contributed by atoms with E-state index in [9.17, 15) is 23.1 Å². The number of hydrogen-bond donors (Lipinski definition) is 2. The van der Waals surface area contributed by atoms with E-state index in [1.165, 1.54) is 59.5 Å². The Labute approximate surface area is 186 Å². The van der Waals surface area contributed by atoms with Crippen molar-refractivity contribution in [2.45, 2.75) is 24.3 Å². The number of aliphatic carboxylic acids is 1. The second-order valence-electron chi connectivity index (χ2n) is 7.60.